The Hall–Kier alpha value is -2.93. The third-order valence-electron chi connectivity index (χ3n) is 2.78. The minimum Gasteiger partial charge on any atom is -0.451 e. The highest BCUT2D eigenvalue weighted by Gasteiger charge is 2.14. The van der Waals surface area contributed by atoms with E-state index in [0.717, 1.165) is 10.4 Å². The fourth-order valence-electron chi connectivity index (χ4n) is 1.74. The largest absolute Gasteiger partial charge is 0.451 e. The van der Waals surface area contributed by atoms with Crippen LogP contribution in [-0.4, -0.2) is 26.1 Å². The summed E-state index contributed by atoms with van der Waals surface area (Å²) in [6.07, 6.45) is 1.36. The number of amides is 1. The third-order valence-corrected chi connectivity index (χ3v) is 3.03. The van der Waals surface area contributed by atoms with Crippen LogP contribution in [0, 0.1) is 0 Å². The molecule has 0 spiro atoms. The van der Waals surface area contributed by atoms with Crippen molar-refractivity contribution in [3.8, 4) is 11.3 Å². The van der Waals surface area contributed by atoms with Gasteiger partial charge < -0.3 is 4.42 Å². The van der Waals surface area contributed by atoms with Crippen molar-refractivity contribution >= 4 is 29.7 Å². The van der Waals surface area contributed by atoms with Crippen molar-refractivity contribution in [3.05, 3.63) is 53.8 Å². The maximum Gasteiger partial charge on any atom is 0.293 e. The van der Waals surface area contributed by atoms with Crippen LogP contribution in [0.4, 0.5) is 5.95 Å². The SMILES string of the molecule is C=Cn1nnc(NC(=O)c2ccc(-c3ccc(Cl)cc3)o2)n1. The number of hydrogen-bond acceptors (Lipinski definition) is 5. The highest BCUT2D eigenvalue weighted by Crippen LogP contribution is 2.24. The minimum absolute atomic E-state index is 0.0642. The van der Waals surface area contributed by atoms with Gasteiger partial charge in [-0.15, -0.1) is 9.90 Å². The van der Waals surface area contributed by atoms with E-state index in [-0.39, 0.29) is 11.7 Å². The fraction of sp³-hybridized carbons (Fsp3) is 0. The smallest absolute Gasteiger partial charge is 0.293 e. The van der Waals surface area contributed by atoms with Crippen LogP contribution in [0.1, 0.15) is 10.6 Å². The summed E-state index contributed by atoms with van der Waals surface area (Å²) in [4.78, 5) is 13.2. The van der Waals surface area contributed by atoms with E-state index in [0.29, 0.717) is 10.8 Å². The predicted molar refractivity (Wildman–Crippen MR) is 81.3 cm³/mol. The molecule has 0 aliphatic heterocycles. The molecule has 3 rings (SSSR count). The summed E-state index contributed by atoms with van der Waals surface area (Å²) in [6, 6.07) is 10.4. The summed E-state index contributed by atoms with van der Waals surface area (Å²) in [5.74, 6) is 0.294. The number of carbonyl (C=O) groups excluding carboxylic acids is 1. The Labute approximate surface area is 130 Å². The van der Waals surface area contributed by atoms with Gasteiger partial charge >= 0.3 is 0 Å². The molecule has 8 heteroatoms. The number of nitrogens with one attached hydrogen (secondary N) is 1. The molecular formula is C14H10ClN5O2. The lowest BCUT2D eigenvalue weighted by atomic mass is 10.2. The monoisotopic (exact) mass is 315 g/mol. The van der Waals surface area contributed by atoms with E-state index in [1.165, 1.54) is 6.20 Å². The molecule has 0 aliphatic rings. The summed E-state index contributed by atoms with van der Waals surface area (Å²) < 4.78 is 5.52. The number of nitrogens with zero attached hydrogens (tertiary/aromatic N) is 4. The normalized spacial score (nSPS) is 10.4. The molecule has 0 fully saturated rings. The molecule has 1 N–H and O–H groups in total. The van der Waals surface area contributed by atoms with Crippen molar-refractivity contribution in [1.82, 2.24) is 20.2 Å². The first-order valence-corrected chi connectivity index (χ1v) is 6.63. The molecule has 0 radical (unpaired) electrons. The van der Waals surface area contributed by atoms with E-state index < -0.39 is 5.91 Å². The Morgan fingerprint density at radius 1 is 1.27 bits per heavy atom. The minimum atomic E-state index is -0.469. The molecule has 3 aromatic rings. The number of carbonyl (C=O) groups is 1. The lowest BCUT2D eigenvalue weighted by molar-refractivity contribution is 0.0996. The van der Waals surface area contributed by atoms with Gasteiger partial charge in [0.2, 0.25) is 0 Å². The first-order valence-electron chi connectivity index (χ1n) is 6.25. The van der Waals surface area contributed by atoms with Crippen LogP contribution < -0.4 is 5.32 Å². The molecule has 2 heterocycles. The highest BCUT2D eigenvalue weighted by atomic mass is 35.5. The molecule has 7 nitrogen and oxygen atoms in total. The van der Waals surface area contributed by atoms with Crippen molar-refractivity contribution in [2.45, 2.75) is 0 Å². The summed E-state index contributed by atoms with van der Waals surface area (Å²) >= 11 is 5.84. The van der Waals surface area contributed by atoms with Gasteiger partial charge in [-0.3, -0.25) is 10.1 Å². The molecule has 0 atom stereocenters. The van der Waals surface area contributed by atoms with Gasteiger partial charge in [0.15, 0.2) is 5.76 Å². The van der Waals surface area contributed by atoms with Gasteiger partial charge in [0.1, 0.15) is 5.76 Å². The number of benzene rings is 1. The molecule has 0 saturated carbocycles. The zero-order valence-electron chi connectivity index (χ0n) is 11.2. The third kappa shape index (κ3) is 2.89. The van der Waals surface area contributed by atoms with Crippen LogP contribution in [0.15, 0.2) is 47.4 Å². The van der Waals surface area contributed by atoms with E-state index in [4.69, 9.17) is 16.0 Å². The lowest BCUT2D eigenvalue weighted by Crippen LogP contribution is -2.12. The fourth-order valence-corrected chi connectivity index (χ4v) is 1.87. The molecule has 0 saturated heterocycles. The predicted octanol–water partition coefficient (Wildman–Crippen LogP) is 2.94. The second-order valence-corrected chi connectivity index (χ2v) is 4.68. The number of rotatable bonds is 4. The summed E-state index contributed by atoms with van der Waals surface area (Å²) in [5.41, 5.74) is 0.819. The lowest BCUT2D eigenvalue weighted by Gasteiger charge is -1.98. The Bertz CT molecular complexity index is 822. The molecule has 1 amide bonds. The maximum atomic E-state index is 12.0. The molecule has 110 valence electrons. The maximum absolute atomic E-state index is 12.0. The molecule has 0 unspecified atom stereocenters. The van der Waals surface area contributed by atoms with Crippen LogP contribution in [-0.2, 0) is 0 Å². The van der Waals surface area contributed by atoms with Gasteiger partial charge in [0, 0.05) is 16.8 Å². The van der Waals surface area contributed by atoms with Gasteiger partial charge in [0.05, 0.1) is 0 Å². The zero-order chi connectivity index (χ0) is 15.5. The van der Waals surface area contributed by atoms with Crippen LogP contribution in [0.5, 0.6) is 0 Å². The number of hydrogen-bond donors (Lipinski definition) is 1. The highest BCUT2D eigenvalue weighted by molar-refractivity contribution is 6.30. The van der Waals surface area contributed by atoms with Crippen molar-refractivity contribution in [2.75, 3.05) is 5.32 Å². The van der Waals surface area contributed by atoms with Crippen LogP contribution in [0.3, 0.4) is 0 Å². The van der Waals surface area contributed by atoms with Gasteiger partial charge in [-0.05, 0) is 41.6 Å². The van der Waals surface area contributed by atoms with Crippen molar-refractivity contribution in [2.24, 2.45) is 0 Å². The average molecular weight is 316 g/mol. The number of furan rings is 1. The van der Waals surface area contributed by atoms with E-state index in [1.54, 1.807) is 36.4 Å². The van der Waals surface area contributed by atoms with Gasteiger partial charge in [-0.2, -0.15) is 0 Å². The van der Waals surface area contributed by atoms with Crippen molar-refractivity contribution in [3.63, 3.8) is 0 Å². The van der Waals surface area contributed by atoms with Gasteiger partial charge in [-0.1, -0.05) is 23.3 Å². The van der Waals surface area contributed by atoms with Gasteiger partial charge in [0.25, 0.3) is 11.9 Å². The second kappa shape index (κ2) is 5.82. The number of aromatic nitrogens is 4. The molecule has 0 aliphatic carbocycles. The van der Waals surface area contributed by atoms with Crippen LogP contribution in [0.25, 0.3) is 17.5 Å². The molecule has 0 bridgehead atoms. The van der Waals surface area contributed by atoms with Crippen molar-refractivity contribution in [1.29, 1.82) is 0 Å². The van der Waals surface area contributed by atoms with E-state index in [2.05, 4.69) is 27.3 Å². The average Bonchev–Trinajstić information content (AvgIpc) is 3.17. The number of halogens is 1. The summed E-state index contributed by atoms with van der Waals surface area (Å²) in [7, 11) is 0. The Morgan fingerprint density at radius 2 is 2.05 bits per heavy atom. The van der Waals surface area contributed by atoms with Gasteiger partial charge in [-0.25, -0.2) is 0 Å². The first-order chi connectivity index (χ1) is 10.7. The summed E-state index contributed by atoms with van der Waals surface area (Å²) in [6.45, 7) is 3.48. The van der Waals surface area contributed by atoms with Crippen LogP contribution >= 0.6 is 11.6 Å². The zero-order valence-corrected chi connectivity index (χ0v) is 12.0. The Balaban J connectivity index is 1.76. The van der Waals surface area contributed by atoms with Crippen LogP contribution in [0.2, 0.25) is 5.02 Å². The number of tetrazole rings is 1. The molecule has 2 aromatic heterocycles. The Morgan fingerprint density at radius 3 is 2.73 bits per heavy atom. The first kappa shape index (κ1) is 14.0. The molecule has 1 aromatic carbocycles. The van der Waals surface area contributed by atoms with E-state index >= 15 is 0 Å². The van der Waals surface area contributed by atoms with Crippen molar-refractivity contribution < 1.29 is 9.21 Å². The van der Waals surface area contributed by atoms with E-state index in [1.807, 2.05) is 0 Å². The molecule has 22 heavy (non-hydrogen) atoms. The number of anilines is 1. The quantitative estimate of drug-likeness (QED) is 0.800. The topological polar surface area (TPSA) is 85.8 Å². The second-order valence-electron chi connectivity index (χ2n) is 4.24. The molecular weight excluding hydrogens is 306 g/mol. The van der Waals surface area contributed by atoms with E-state index in [9.17, 15) is 4.79 Å². The Kier molecular flexibility index (Phi) is 3.71. The summed E-state index contributed by atoms with van der Waals surface area (Å²) in [5, 5.41) is 14.3. The standard InChI is InChI=1S/C14H10ClN5O2/c1-2-20-18-14(17-19-20)16-13(21)12-8-7-11(22-12)9-3-5-10(15)6-4-9/h2-8H,1H2,(H,16,18,21).